The second-order valence-corrected chi connectivity index (χ2v) is 4.96. The maximum Gasteiger partial charge on any atom is 0.416 e. The van der Waals surface area contributed by atoms with Gasteiger partial charge in [-0.15, -0.1) is 6.58 Å². The fourth-order valence-corrected chi connectivity index (χ4v) is 2.20. The zero-order valence-electron chi connectivity index (χ0n) is 11.8. The molecule has 0 aliphatic heterocycles. The molecule has 0 saturated heterocycles. The van der Waals surface area contributed by atoms with E-state index in [0.717, 1.165) is 12.1 Å². The standard InChI is InChI=1S/C18H15F3O/c1-2-13(12-17(22)15-6-4-3-5-7-15)14-8-10-16(11-9-14)18(19,20)21/h2-11,13H,1,12H2. The Morgan fingerprint density at radius 1 is 1.05 bits per heavy atom. The van der Waals surface area contributed by atoms with Gasteiger partial charge in [0.1, 0.15) is 0 Å². The highest BCUT2D eigenvalue weighted by Crippen LogP contribution is 2.31. The van der Waals surface area contributed by atoms with Crippen LogP contribution in [0.15, 0.2) is 67.3 Å². The Morgan fingerprint density at radius 2 is 1.64 bits per heavy atom. The summed E-state index contributed by atoms with van der Waals surface area (Å²) < 4.78 is 37.7. The molecular formula is C18H15F3O. The third-order valence-corrected chi connectivity index (χ3v) is 3.45. The van der Waals surface area contributed by atoms with Gasteiger partial charge in [-0.25, -0.2) is 0 Å². The Bertz CT molecular complexity index is 642. The smallest absolute Gasteiger partial charge is 0.294 e. The van der Waals surface area contributed by atoms with Gasteiger partial charge in [-0.1, -0.05) is 48.5 Å². The Balaban J connectivity index is 2.15. The minimum Gasteiger partial charge on any atom is -0.294 e. The van der Waals surface area contributed by atoms with E-state index in [1.54, 1.807) is 30.3 Å². The third-order valence-electron chi connectivity index (χ3n) is 3.45. The predicted molar refractivity (Wildman–Crippen MR) is 79.8 cm³/mol. The lowest BCUT2D eigenvalue weighted by Crippen LogP contribution is -2.08. The van der Waals surface area contributed by atoms with Crippen molar-refractivity contribution in [1.82, 2.24) is 0 Å². The van der Waals surface area contributed by atoms with Crippen molar-refractivity contribution in [3.63, 3.8) is 0 Å². The molecule has 0 saturated carbocycles. The Morgan fingerprint density at radius 3 is 2.14 bits per heavy atom. The van der Waals surface area contributed by atoms with Crippen LogP contribution in [0.25, 0.3) is 0 Å². The molecule has 0 N–H and O–H groups in total. The van der Waals surface area contributed by atoms with E-state index < -0.39 is 11.7 Å². The SMILES string of the molecule is C=CC(CC(=O)c1ccccc1)c1ccc(C(F)(F)F)cc1. The zero-order chi connectivity index (χ0) is 16.2. The quantitative estimate of drug-likeness (QED) is 0.545. The fourth-order valence-electron chi connectivity index (χ4n) is 2.20. The number of hydrogen-bond acceptors (Lipinski definition) is 1. The van der Waals surface area contributed by atoms with Crippen LogP contribution < -0.4 is 0 Å². The maximum atomic E-state index is 12.6. The molecule has 0 radical (unpaired) electrons. The molecule has 1 nitrogen and oxygen atoms in total. The van der Waals surface area contributed by atoms with E-state index in [1.165, 1.54) is 12.1 Å². The molecule has 0 spiro atoms. The summed E-state index contributed by atoms with van der Waals surface area (Å²) in [6.07, 6.45) is -2.59. The summed E-state index contributed by atoms with van der Waals surface area (Å²) in [4.78, 5) is 12.2. The lowest BCUT2D eigenvalue weighted by Gasteiger charge is -2.14. The molecule has 0 aliphatic rings. The van der Waals surface area contributed by atoms with Crippen LogP contribution in [0.3, 0.4) is 0 Å². The minimum absolute atomic E-state index is 0.0644. The molecule has 1 atom stereocenters. The molecule has 114 valence electrons. The van der Waals surface area contributed by atoms with E-state index >= 15 is 0 Å². The van der Waals surface area contributed by atoms with Crippen molar-refractivity contribution in [3.8, 4) is 0 Å². The van der Waals surface area contributed by atoms with Gasteiger partial charge in [0.2, 0.25) is 0 Å². The van der Waals surface area contributed by atoms with Gasteiger partial charge >= 0.3 is 6.18 Å². The fraction of sp³-hybridized carbons (Fsp3) is 0.167. The van der Waals surface area contributed by atoms with E-state index in [9.17, 15) is 18.0 Å². The lowest BCUT2D eigenvalue weighted by molar-refractivity contribution is -0.137. The number of halogens is 3. The van der Waals surface area contributed by atoms with Gasteiger partial charge in [0.15, 0.2) is 5.78 Å². The van der Waals surface area contributed by atoms with Crippen molar-refractivity contribution < 1.29 is 18.0 Å². The Hall–Kier alpha value is -2.36. The Labute approximate surface area is 127 Å². The molecule has 22 heavy (non-hydrogen) atoms. The molecule has 2 aromatic rings. The van der Waals surface area contributed by atoms with Crippen LogP contribution in [0, 0.1) is 0 Å². The predicted octanol–water partition coefficient (Wildman–Crippen LogP) is 5.25. The molecule has 0 fully saturated rings. The van der Waals surface area contributed by atoms with Gasteiger partial charge in [-0.2, -0.15) is 13.2 Å². The number of ketones is 1. The van der Waals surface area contributed by atoms with Crippen LogP contribution >= 0.6 is 0 Å². The van der Waals surface area contributed by atoms with Crippen molar-refractivity contribution in [3.05, 3.63) is 83.9 Å². The van der Waals surface area contributed by atoms with Gasteiger partial charge < -0.3 is 0 Å². The molecular weight excluding hydrogens is 289 g/mol. The van der Waals surface area contributed by atoms with E-state index in [2.05, 4.69) is 6.58 Å². The van der Waals surface area contributed by atoms with Crippen molar-refractivity contribution in [2.75, 3.05) is 0 Å². The monoisotopic (exact) mass is 304 g/mol. The summed E-state index contributed by atoms with van der Waals surface area (Å²) >= 11 is 0. The topological polar surface area (TPSA) is 17.1 Å². The molecule has 0 bridgehead atoms. The molecule has 1 unspecified atom stereocenters. The number of carbonyl (C=O) groups excluding carboxylic acids is 1. The first-order valence-corrected chi connectivity index (χ1v) is 6.80. The highest BCUT2D eigenvalue weighted by atomic mass is 19.4. The highest BCUT2D eigenvalue weighted by molar-refractivity contribution is 5.96. The van der Waals surface area contributed by atoms with Crippen LogP contribution in [0.4, 0.5) is 13.2 Å². The molecule has 2 rings (SSSR count). The van der Waals surface area contributed by atoms with Gasteiger partial charge in [-0.05, 0) is 17.7 Å². The van der Waals surface area contributed by atoms with Crippen LogP contribution in [0.1, 0.15) is 33.8 Å². The van der Waals surface area contributed by atoms with E-state index in [1.807, 2.05) is 6.07 Å². The first kappa shape index (κ1) is 16.0. The first-order valence-electron chi connectivity index (χ1n) is 6.80. The minimum atomic E-state index is -4.36. The largest absolute Gasteiger partial charge is 0.416 e. The average Bonchev–Trinajstić information content (AvgIpc) is 2.52. The van der Waals surface area contributed by atoms with Gasteiger partial charge in [0, 0.05) is 17.9 Å². The number of hydrogen-bond donors (Lipinski definition) is 0. The molecule has 0 aromatic heterocycles. The summed E-state index contributed by atoms with van der Waals surface area (Å²) in [6, 6.07) is 13.6. The lowest BCUT2D eigenvalue weighted by atomic mass is 9.91. The van der Waals surface area contributed by atoms with Crippen LogP contribution in [-0.2, 0) is 6.18 Å². The van der Waals surface area contributed by atoms with Gasteiger partial charge in [0.05, 0.1) is 5.56 Å². The van der Waals surface area contributed by atoms with Crippen LogP contribution in [-0.4, -0.2) is 5.78 Å². The summed E-state index contributed by atoms with van der Waals surface area (Å²) in [5.41, 5.74) is 0.530. The Kier molecular flexibility index (Phi) is 4.81. The number of rotatable bonds is 5. The van der Waals surface area contributed by atoms with E-state index in [0.29, 0.717) is 11.1 Å². The molecule has 0 amide bonds. The molecule has 2 aromatic carbocycles. The van der Waals surface area contributed by atoms with E-state index in [-0.39, 0.29) is 18.1 Å². The average molecular weight is 304 g/mol. The number of Topliss-reactive ketones (excluding diaryl/α,β-unsaturated/α-hetero) is 1. The van der Waals surface area contributed by atoms with Crippen molar-refractivity contribution in [2.45, 2.75) is 18.5 Å². The molecule has 0 aliphatic carbocycles. The van der Waals surface area contributed by atoms with Crippen molar-refractivity contribution >= 4 is 5.78 Å². The number of benzene rings is 2. The second-order valence-electron chi connectivity index (χ2n) is 4.96. The number of allylic oxidation sites excluding steroid dienone is 1. The van der Waals surface area contributed by atoms with Crippen LogP contribution in [0.2, 0.25) is 0 Å². The maximum absolute atomic E-state index is 12.6. The normalized spacial score (nSPS) is 12.7. The zero-order valence-corrected chi connectivity index (χ0v) is 11.8. The third kappa shape index (κ3) is 3.85. The summed E-state index contributed by atoms with van der Waals surface area (Å²) in [5, 5.41) is 0. The van der Waals surface area contributed by atoms with Gasteiger partial charge in [-0.3, -0.25) is 4.79 Å². The first-order chi connectivity index (χ1) is 10.4. The molecule has 0 heterocycles. The van der Waals surface area contributed by atoms with Crippen molar-refractivity contribution in [2.24, 2.45) is 0 Å². The summed E-state index contributed by atoms with van der Waals surface area (Å²) in [7, 11) is 0. The number of carbonyl (C=O) groups is 1. The number of alkyl halides is 3. The van der Waals surface area contributed by atoms with Crippen molar-refractivity contribution in [1.29, 1.82) is 0 Å². The van der Waals surface area contributed by atoms with E-state index in [4.69, 9.17) is 0 Å². The molecule has 4 heteroatoms. The second kappa shape index (κ2) is 6.60. The van der Waals surface area contributed by atoms with Crippen LogP contribution in [0.5, 0.6) is 0 Å². The summed E-state index contributed by atoms with van der Waals surface area (Å²) in [5.74, 6) is -0.375. The summed E-state index contributed by atoms with van der Waals surface area (Å²) in [6.45, 7) is 3.68. The van der Waals surface area contributed by atoms with Gasteiger partial charge in [0.25, 0.3) is 0 Å². The highest BCUT2D eigenvalue weighted by Gasteiger charge is 2.30.